The minimum atomic E-state index is -0.222. The predicted octanol–water partition coefficient (Wildman–Crippen LogP) is 0.492. The van der Waals surface area contributed by atoms with Crippen LogP contribution in [-0.2, 0) is 9.47 Å². The lowest BCUT2D eigenvalue weighted by molar-refractivity contribution is -0.0442. The maximum absolute atomic E-state index is 5.17. The molecule has 0 atom stereocenters. The summed E-state index contributed by atoms with van der Waals surface area (Å²) in [5, 5.41) is 0. The Morgan fingerprint density at radius 3 is 2.08 bits per heavy atom. The monoisotopic (exact) mass is 205 g/mol. The SMILES string of the molecule is CCN(CC)CC[SiH2]C(OC)OC. The Hall–Kier alpha value is 0.0969. The molecule has 0 spiro atoms. The molecule has 0 heterocycles. The van der Waals surface area contributed by atoms with E-state index in [4.69, 9.17) is 9.47 Å². The number of methoxy groups -OCH3 is 2. The molecule has 13 heavy (non-hydrogen) atoms. The van der Waals surface area contributed by atoms with E-state index < -0.39 is 0 Å². The van der Waals surface area contributed by atoms with E-state index in [1.54, 1.807) is 14.2 Å². The lowest BCUT2D eigenvalue weighted by Gasteiger charge is -2.19. The number of rotatable bonds is 8. The van der Waals surface area contributed by atoms with Gasteiger partial charge in [0.15, 0.2) is 0 Å². The summed E-state index contributed by atoms with van der Waals surface area (Å²) in [6, 6.07) is 1.27. The van der Waals surface area contributed by atoms with Gasteiger partial charge in [0, 0.05) is 14.2 Å². The molecule has 0 saturated carbocycles. The zero-order valence-corrected chi connectivity index (χ0v) is 10.8. The van der Waals surface area contributed by atoms with Gasteiger partial charge in [-0.25, -0.2) is 0 Å². The lowest BCUT2D eigenvalue weighted by Crippen LogP contribution is -2.28. The first-order valence-electron chi connectivity index (χ1n) is 5.06. The largest absolute Gasteiger partial charge is 0.360 e. The first kappa shape index (κ1) is 13.1. The summed E-state index contributed by atoms with van der Waals surface area (Å²) in [5.41, 5.74) is 0. The van der Waals surface area contributed by atoms with Crippen molar-refractivity contribution in [3.8, 4) is 0 Å². The van der Waals surface area contributed by atoms with E-state index in [2.05, 4.69) is 18.7 Å². The zero-order valence-electron chi connectivity index (χ0n) is 9.38. The van der Waals surface area contributed by atoms with Gasteiger partial charge < -0.3 is 14.4 Å². The number of hydrogen-bond acceptors (Lipinski definition) is 3. The van der Waals surface area contributed by atoms with E-state index >= 15 is 0 Å². The molecule has 0 radical (unpaired) electrons. The van der Waals surface area contributed by atoms with Crippen LogP contribution in [0.4, 0.5) is 0 Å². The van der Waals surface area contributed by atoms with Crippen LogP contribution in [0.2, 0.25) is 6.04 Å². The Bertz CT molecular complexity index is 93.8. The predicted molar refractivity (Wildman–Crippen MR) is 58.9 cm³/mol. The molecule has 0 aliphatic heterocycles. The van der Waals surface area contributed by atoms with Gasteiger partial charge in [-0.2, -0.15) is 0 Å². The highest BCUT2D eigenvalue weighted by Gasteiger charge is 2.06. The number of nitrogens with zero attached hydrogens (tertiary/aromatic N) is 1. The van der Waals surface area contributed by atoms with Gasteiger partial charge in [-0.05, 0) is 25.7 Å². The molecule has 4 heteroatoms. The van der Waals surface area contributed by atoms with Gasteiger partial charge in [-0.1, -0.05) is 13.8 Å². The molecule has 0 aromatic carbocycles. The summed E-state index contributed by atoms with van der Waals surface area (Å²) in [7, 11) is 3.22. The minimum Gasteiger partial charge on any atom is -0.360 e. The topological polar surface area (TPSA) is 21.7 Å². The summed E-state index contributed by atoms with van der Waals surface area (Å²) >= 11 is 0. The molecule has 0 aliphatic rings. The van der Waals surface area contributed by atoms with Crippen molar-refractivity contribution in [1.29, 1.82) is 0 Å². The molecule has 0 bridgehead atoms. The fourth-order valence-corrected chi connectivity index (χ4v) is 2.79. The molecule has 0 N–H and O–H groups in total. The Morgan fingerprint density at radius 2 is 1.69 bits per heavy atom. The highest BCUT2D eigenvalue weighted by atomic mass is 28.2. The van der Waals surface area contributed by atoms with Gasteiger partial charge in [0.05, 0.1) is 9.52 Å². The number of ether oxygens (including phenoxy) is 2. The van der Waals surface area contributed by atoms with Crippen molar-refractivity contribution in [3.05, 3.63) is 0 Å². The van der Waals surface area contributed by atoms with Crippen LogP contribution in [0.5, 0.6) is 0 Å². The van der Waals surface area contributed by atoms with Crippen molar-refractivity contribution in [1.82, 2.24) is 4.90 Å². The summed E-state index contributed by atoms with van der Waals surface area (Å²) < 4.78 is 10.3. The van der Waals surface area contributed by atoms with Crippen LogP contribution in [0.1, 0.15) is 13.8 Å². The van der Waals surface area contributed by atoms with E-state index in [1.165, 1.54) is 12.6 Å². The van der Waals surface area contributed by atoms with Crippen molar-refractivity contribution >= 4 is 9.52 Å². The maximum atomic E-state index is 5.17. The van der Waals surface area contributed by atoms with Crippen molar-refractivity contribution < 1.29 is 9.47 Å². The van der Waals surface area contributed by atoms with Crippen molar-refractivity contribution in [3.63, 3.8) is 0 Å². The van der Waals surface area contributed by atoms with E-state index in [0.717, 1.165) is 13.1 Å². The zero-order chi connectivity index (χ0) is 10.1. The molecule has 0 saturated heterocycles. The summed E-state index contributed by atoms with van der Waals surface area (Å²) in [6.45, 7) is 7.90. The van der Waals surface area contributed by atoms with Crippen molar-refractivity contribution in [2.75, 3.05) is 33.9 Å². The van der Waals surface area contributed by atoms with Gasteiger partial charge in [0.25, 0.3) is 0 Å². The average Bonchev–Trinajstić information content (AvgIpc) is 2.19. The molecular formula is C9H23NO2Si. The standard InChI is InChI=1S/C9H23NO2Si/c1-5-10(6-2)7-8-13-9(11-3)12-4/h9H,5-8,13H2,1-4H3. The third-order valence-electron chi connectivity index (χ3n) is 2.33. The molecular weight excluding hydrogens is 182 g/mol. The van der Waals surface area contributed by atoms with Crippen LogP contribution < -0.4 is 0 Å². The molecule has 0 rings (SSSR count). The highest BCUT2D eigenvalue weighted by molar-refractivity contribution is 6.36. The Labute approximate surface area is 84.2 Å². The lowest BCUT2D eigenvalue weighted by atomic mass is 10.5. The van der Waals surface area contributed by atoms with Gasteiger partial charge in [0.1, 0.15) is 5.91 Å². The third-order valence-corrected chi connectivity index (χ3v) is 4.20. The molecule has 0 aromatic rings. The van der Waals surface area contributed by atoms with E-state index in [-0.39, 0.29) is 15.4 Å². The average molecular weight is 205 g/mol. The second kappa shape index (κ2) is 8.68. The van der Waals surface area contributed by atoms with Crippen LogP contribution >= 0.6 is 0 Å². The molecule has 0 fully saturated rings. The Balaban J connectivity index is 3.41. The number of hydrogen-bond donors (Lipinski definition) is 0. The van der Waals surface area contributed by atoms with Crippen LogP contribution in [0, 0.1) is 0 Å². The molecule has 0 aromatic heterocycles. The molecule has 3 nitrogen and oxygen atoms in total. The second-order valence-electron chi connectivity index (χ2n) is 3.07. The second-order valence-corrected chi connectivity index (χ2v) is 5.02. The van der Waals surface area contributed by atoms with Gasteiger partial charge in [0.2, 0.25) is 0 Å². The third kappa shape index (κ3) is 6.21. The summed E-state index contributed by atoms with van der Waals surface area (Å²) in [5.74, 6) is 0.107. The van der Waals surface area contributed by atoms with Crippen LogP contribution in [-0.4, -0.2) is 54.2 Å². The highest BCUT2D eigenvalue weighted by Crippen LogP contribution is 1.95. The maximum Gasteiger partial charge on any atom is 0.134 e. The van der Waals surface area contributed by atoms with Gasteiger partial charge in [-0.15, -0.1) is 0 Å². The fourth-order valence-electron chi connectivity index (χ4n) is 1.35. The molecule has 0 amide bonds. The Kier molecular flexibility index (Phi) is 8.75. The Morgan fingerprint density at radius 1 is 1.15 bits per heavy atom. The normalized spacial score (nSPS) is 12.5. The quantitative estimate of drug-likeness (QED) is 0.425. The van der Waals surface area contributed by atoms with Crippen molar-refractivity contribution in [2.24, 2.45) is 0 Å². The van der Waals surface area contributed by atoms with Crippen LogP contribution in [0.25, 0.3) is 0 Å². The fraction of sp³-hybridized carbons (Fsp3) is 1.00. The van der Waals surface area contributed by atoms with Crippen LogP contribution in [0.3, 0.4) is 0 Å². The van der Waals surface area contributed by atoms with E-state index in [1.807, 2.05) is 0 Å². The first-order chi connectivity index (χ1) is 6.28. The van der Waals surface area contributed by atoms with Crippen molar-refractivity contribution in [2.45, 2.75) is 25.8 Å². The van der Waals surface area contributed by atoms with Gasteiger partial charge >= 0.3 is 0 Å². The van der Waals surface area contributed by atoms with Gasteiger partial charge in [-0.3, -0.25) is 0 Å². The van der Waals surface area contributed by atoms with E-state index in [9.17, 15) is 0 Å². The molecule has 0 unspecified atom stereocenters. The van der Waals surface area contributed by atoms with Crippen LogP contribution in [0.15, 0.2) is 0 Å². The van der Waals surface area contributed by atoms with E-state index in [0.29, 0.717) is 0 Å². The summed E-state index contributed by atoms with van der Waals surface area (Å²) in [6.07, 6.45) is 0. The smallest absolute Gasteiger partial charge is 0.134 e. The molecule has 0 aliphatic carbocycles. The first-order valence-corrected chi connectivity index (χ1v) is 6.88. The molecule has 80 valence electrons. The minimum absolute atomic E-state index is 0.107. The summed E-state index contributed by atoms with van der Waals surface area (Å²) in [4.78, 5) is 2.44.